The minimum absolute atomic E-state index is 0.0357. The van der Waals surface area contributed by atoms with Crippen molar-refractivity contribution in [1.29, 1.82) is 0 Å². The van der Waals surface area contributed by atoms with Gasteiger partial charge >= 0.3 is 127 Å². The molecule has 0 unspecified atom stereocenters. The molecule has 0 aromatic rings. The average molecular weight is 552 g/mol. The summed E-state index contributed by atoms with van der Waals surface area (Å²) in [6, 6.07) is 0. The molecule has 0 aliphatic carbocycles. The number of ether oxygens (including phenoxy) is 1. The Morgan fingerprint density at radius 2 is 1.20 bits per heavy atom. The summed E-state index contributed by atoms with van der Waals surface area (Å²) in [4.78, 5) is 10.6. The van der Waals surface area contributed by atoms with Gasteiger partial charge in [0.2, 0.25) is 0 Å². The van der Waals surface area contributed by atoms with Crippen LogP contribution in [0.2, 0.25) is 8.87 Å². The van der Waals surface area contributed by atoms with Gasteiger partial charge in [-0.2, -0.15) is 0 Å². The second-order valence-corrected chi connectivity index (χ2v) is 13.4. The molecule has 2 radical (unpaired) electrons. The van der Waals surface area contributed by atoms with Crippen LogP contribution in [0.25, 0.3) is 0 Å². The third-order valence-corrected chi connectivity index (χ3v) is 9.47. The number of halogens is 1. The first kappa shape index (κ1) is 32.7. The Labute approximate surface area is 205 Å². The van der Waals surface area contributed by atoms with E-state index in [0.717, 1.165) is 18.8 Å². The van der Waals surface area contributed by atoms with E-state index in [0.29, 0.717) is 6.61 Å². The van der Waals surface area contributed by atoms with Gasteiger partial charge in [0, 0.05) is 0 Å². The van der Waals surface area contributed by atoms with Gasteiger partial charge in [0.05, 0.1) is 6.61 Å². The summed E-state index contributed by atoms with van der Waals surface area (Å²) in [5.74, 6) is 0.419. The van der Waals surface area contributed by atoms with E-state index in [1.165, 1.54) is 77.0 Å². The molecule has 0 spiro atoms. The van der Waals surface area contributed by atoms with Gasteiger partial charge in [0.1, 0.15) is 5.88 Å². The van der Waals surface area contributed by atoms with E-state index in [2.05, 4.69) is 27.7 Å². The summed E-state index contributed by atoms with van der Waals surface area (Å²) >= 11 is 5.33. The summed E-state index contributed by atoms with van der Waals surface area (Å²) in [5, 5.41) is 0. The molecule has 0 aromatic heterocycles. The topological polar surface area (TPSA) is 26.3 Å². The van der Waals surface area contributed by atoms with Gasteiger partial charge in [0.15, 0.2) is 0 Å². The van der Waals surface area contributed by atoms with Gasteiger partial charge in [0.25, 0.3) is 0 Å². The summed E-state index contributed by atoms with van der Waals surface area (Å²) in [6.45, 7) is 9.55. The van der Waals surface area contributed by atoms with Crippen molar-refractivity contribution in [3.8, 4) is 0 Å². The summed E-state index contributed by atoms with van der Waals surface area (Å²) in [6.07, 6.45) is 22.4. The number of hydrogen-bond acceptors (Lipinski definition) is 2. The van der Waals surface area contributed by atoms with Crippen LogP contribution < -0.4 is 0 Å². The monoisotopic (exact) mass is 552 g/mol. The Kier molecular flexibility index (Phi) is 32.3. The second-order valence-electron chi connectivity index (χ2n) is 8.88. The van der Waals surface area contributed by atoms with Crippen molar-refractivity contribution in [2.75, 3.05) is 12.5 Å². The molecule has 0 amide bonds. The normalized spacial score (nSPS) is 10.7. The average Bonchev–Trinajstić information content (AvgIpc) is 2.74. The number of unbranched alkanes of at least 4 members (excludes halogenated alkanes) is 12. The van der Waals surface area contributed by atoms with Crippen molar-refractivity contribution in [2.45, 2.75) is 139 Å². The molecular weight excluding hydrogens is 498 g/mol. The first-order chi connectivity index (χ1) is 14.6. The second kappa shape index (κ2) is 29.6. The van der Waals surface area contributed by atoms with Crippen molar-refractivity contribution in [3.63, 3.8) is 0 Å². The van der Waals surface area contributed by atoms with E-state index in [-0.39, 0.29) is 33.0 Å². The van der Waals surface area contributed by atoms with Gasteiger partial charge < -0.3 is 4.74 Å². The molecule has 0 rings (SSSR count). The van der Waals surface area contributed by atoms with Gasteiger partial charge in [-0.1, -0.05) is 33.1 Å². The summed E-state index contributed by atoms with van der Waals surface area (Å²) in [5.41, 5.74) is 0. The van der Waals surface area contributed by atoms with Crippen LogP contribution in [-0.2, 0) is 9.53 Å². The van der Waals surface area contributed by atoms with E-state index < -0.39 is 0 Å². The number of carbonyl (C=O) groups excluding carboxylic acids is 1. The van der Waals surface area contributed by atoms with Crippen LogP contribution in [0.5, 0.6) is 0 Å². The van der Waals surface area contributed by atoms with E-state index >= 15 is 0 Å². The van der Waals surface area contributed by atoms with Crippen LogP contribution in [-0.4, -0.2) is 39.6 Å². The molecule has 30 heavy (non-hydrogen) atoms. The van der Waals surface area contributed by atoms with Crippen LogP contribution in [0.15, 0.2) is 0 Å². The Morgan fingerprint density at radius 1 is 0.733 bits per heavy atom. The molecule has 0 saturated carbocycles. The van der Waals surface area contributed by atoms with Crippen molar-refractivity contribution < 1.29 is 9.53 Å². The number of carbonyl (C=O) groups is 1. The van der Waals surface area contributed by atoms with Crippen LogP contribution >= 0.6 is 11.6 Å². The van der Waals surface area contributed by atoms with Gasteiger partial charge in [-0.25, -0.2) is 0 Å². The molecule has 0 bridgehead atoms. The third-order valence-electron chi connectivity index (χ3n) is 5.21. The molecule has 0 aliphatic heterocycles. The SMILES string of the molecule is CC(C)CCCCCOC(=O)CCl.CCCCCCC[CH2][Sn][CH2]CCCCCCC. The van der Waals surface area contributed by atoms with Gasteiger partial charge in [-0.15, -0.1) is 11.6 Å². The van der Waals surface area contributed by atoms with E-state index in [1.54, 1.807) is 21.7 Å². The van der Waals surface area contributed by atoms with Gasteiger partial charge in [-0.05, 0) is 12.3 Å². The predicted molar refractivity (Wildman–Crippen MR) is 137 cm³/mol. The Morgan fingerprint density at radius 3 is 1.67 bits per heavy atom. The molecule has 0 aliphatic rings. The maximum absolute atomic E-state index is 10.6. The number of hydrogen-bond donors (Lipinski definition) is 0. The van der Waals surface area contributed by atoms with Crippen LogP contribution in [0, 0.1) is 5.92 Å². The summed E-state index contributed by atoms with van der Waals surface area (Å²) in [7, 11) is 0. The molecule has 0 heterocycles. The molecule has 2 nitrogen and oxygen atoms in total. The van der Waals surface area contributed by atoms with Crippen molar-refractivity contribution in [3.05, 3.63) is 0 Å². The van der Waals surface area contributed by atoms with E-state index in [9.17, 15) is 4.79 Å². The standard InChI is InChI=1S/C10H19ClO2.2C8H17.Sn/c1-9(2)6-4-3-5-7-13-10(12)8-11;2*1-3-5-7-8-6-4-2;/h9H,3-8H2,1-2H3;2*1,3-8H2,2H3;. The maximum atomic E-state index is 10.6. The molecule has 0 aromatic carbocycles. The molecule has 0 fully saturated rings. The predicted octanol–water partition coefficient (Wildman–Crippen LogP) is 9.23. The van der Waals surface area contributed by atoms with Gasteiger partial charge in [-0.3, -0.25) is 4.79 Å². The minimum atomic E-state index is -0.314. The molecule has 4 heteroatoms. The Bertz CT molecular complexity index is 310. The molecule has 0 saturated heterocycles. The zero-order valence-electron chi connectivity index (χ0n) is 20.9. The third kappa shape index (κ3) is 33.2. The van der Waals surface area contributed by atoms with Crippen LogP contribution in [0.3, 0.4) is 0 Å². The fourth-order valence-electron chi connectivity index (χ4n) is 3.24. The van der Waals surface area contributed by atoms with E-state index in [4.69, 9.17) is 16.3 Å². The van der Waals surface area contributed by atoms with Crippen LogP contribution in [0.1, 0.15) is 130 Å². The number of alkyl halides is 1. The fourth-order valence-corrected chi connectivity index (χ4v) is 6.89. The molecular formula is C26H53ClO2Sn. The molecule has 180 valence electrons. The van der Waals surface area contributed by atoms with Crippen LogP contribution in [0.4, 0.5) is 0 Å². The first-order valence-electron chi connectivity index (χ1n) is 13.0. The first-order valence-corrected chi connectivity index (χ1v) is 17.6. The number of rotatable bonds is 21. The van der Waals surface area contributed by atoms with Crippen molar-refractivity contribution in [1.82, 2.24) is 0 Å². The Hall–Kier alpha value is 0.559. The summed E-state index contributed by atoms with van der Waals surface area (Å²) < 4.78 is 8.14. The zero-order valence-corrected chi connectivity index (χ0v) is 24.5. The quantitative estimate of drug-likeness (QED) is 0.0615. The van der Waals surface area contributed by atoms with Crippen molar-refractivity contribution in [2.24, 2.45) is 5.92 Å². The molecule has 0 atom stereocenters. The fraction of sp³-hybridized carbons (Fsp3) is 0.962. The van der Waals surface area contributed by atoms with E-state index in [1.807, 2.05) is 0 Å². The van der Waals surface area contributed by atoms with Crippen molar-refractivity contribution >= 4 is 38.7 Å². The number of esters is 1. The zero-order chi connectivity index (χ0) is 22.7. The Balaban J connectivity index is 0. The molecule has 0 N–H and O–H groups in total.